The van der Waals surface area contributed by atoms with E-state index < -0.39 is 0 Å². The Labute approximate surface area is 179 Å². The zero-order valence-corrected chi connectivity index (χ0v) is 17.8. The average molecular weight is 417 g/mol. The maximum atomic E-state index is 13.2. The number of pyridine rings is 1. The summed E-state index contributed by atoms with van der Waals surface area (Å²) in [5.74, 6) is 0. The van der Waals surface area contributed by atoms with Gasteiger partial charge in [-0.25, -0.2) is 4.98 Å². The van der Waals surface area contributed by atoms with E-state index in [1.165, 1.54) is 21.6 Å². The van der Waals surface area contributed by atoms with Gasteiger partial charge in [0.1, 0.15) is 4.83 Å². The summed E-state index contributed by atoms with van der Waals surface area (Å²) in [5.41, 5.74) is 4.71. The summed E-state index contributed by atoms with van der Waals surface area (Å²) in [6, 6.07) is 14.9. The van der Waals surface area contributed by atoms with Crippen LogP contribution < -0.4 is 10.9 Å². The van der Waals surface area contributed by atoms with Crippen molar-refractivity contribution in [1.29, 1.82) is 0 Å². The van der Waals surface area contributed by atoms with E-state index in [4.69, 9.17) is 0 Å². The molecule has 1 aliphatic rings. The van der Waals surface area contributed by atoms with Gasteiger partial charge in [0.05, 0.1) is 24.0 Å². The largest absolute Gasteiger partial charge is 0.310 e. The van der Waals surface area contributed by atoms with Gasteiger partial charge in [0.25, 0.3) is 5.56 Å². The van der Waals surface area contributed by atoms with Gasteiger partial charge in [-0.05, 0) is 49.4 Å². The fraction of sp³-hybridized carbons (Fsp3) is 0.292. The van der Waals surface area contributed by atoms with Crippen molar-refractivity contribution < 1.29 is 0 Å². The number of rotatable bonds is 5. The van der Waals surface area contributed by atoms with Gasteiger partial charge in [0.2, 0.25) is 0 Å². The van der Waals surface area contributed by atoms with E-state index in [0.717, 1.165) is 41.7 Å². The quantitative estimate of drug-likeness (QED) is 0.537. The molecule has 3 heterocycles. The van der Waals surface area contributed by atoms with Crippen molar-refractivity contribution in [3.8, 4) is 0 Å². The standard InChI is InChI=1S/C24H24N4OS/c1-16-5-7-17(8-6-16)13-26-18-9-10-20-21(12-18)30-23-22(20)24(29)28(15-27-23)14-19-4-2-3-11-25-19/h2-8,11,15,18,26H,9-10,12-14H2,1H3/t18-/m0/s1. The SMILES string of the molecule is Cc1ccc(CN[C@H]2CCc3c(sc4ncn(Cc5ccccn5)c(=O)c34)C2)cc1. The second kappa shape index (κ2) is 8.13. The second-order valence-electron chi connectivity index (χ2n) is 7.99. The highest BCUT2D eigenvalue weighted by atomic mass is 32.1. The minimum atomic E-state index is 0.0502. The lowest BCUT2D eigenvalue weighted by atomic mass is 9.93. The highest BCUT2D eigenvalue weighted by molar-refractivity contribution is 7.18. The molecular weight excluding hydrogens is 392 g/mol. The highest BCUT2D eigenvalue weighted by Gasteiger charge is 2.25. The van der Waals surface area contributed by atoms with Gasteiger partial charge in [-0.2, -0.15) is 0 Å². The third kappa shape index (κ3) is 3.80. The maximum Gasteiger partial charge on any atom is 0.262 e. The number of aryl methyl sites for hydroxylation is 2. The Hall–Kier alpha value is -2.83. The summed E-state index contributed by atoms with van der Waals surface area (Å²) >= 11 is 1.68. The number of thiophene rings is 1. The molecule has 0 saturated carbocycles. The lowest BCUT2D eigenvalue weighted by molar-refractivity contribution is 0.462. The predicted molar refractivity (Wildman–Crippen MR) is 121 cm³/mol. The number of benzene rings is 1. The van der Waals surface area contributed by atoms with Crippen LogP contribution in [0.1, 0.15) is 33.7 Å². The zero-order chi connectivity index (χ0) is 20.5. The van der Waals surface area contributed by atoms with Crippen molar-refractivity contribution in [1.82, 2.24) is 19.9 Å². The molecule has 0 spiro atoms. The molecule has 1 atom stereocenters. The lowest BCUT2D eigenvalue weighted by Crippen LogP contribution is -2.33. The van der Waals surface area contributed by atoms with Crippen LogP contribution in [0.3, 0.4) is 0 Å². The topological polar surface area (TPSA) is 59.8 Å². The normalized spacial score (nSPS) is 16.0. The van der Waals surface area contributed by atoms with E-state index in [0.29, 0.717) is 12.6 Å². The number of nitrogens with one attached hydrogen (secondary N) is 1. The Morgan fingerprint density at radius 2 is 2.03 bits per heavy atom. The molecule has 152 valence electrons. The Bertz CT molecular complexity index is 1230. The summed E-state index contributed by atoms with van der Waals surface area (Å²) in [7, 11) is 0. The summed E-state index contributed by atoms with van der Waals surface area (Å²) in [6.45, 7) is 3.44. The van der Waals surface area contributed by atoms with E-state index in [-0.39, 0.29) is 5.56 Å². The van der Waals surface area contributed by atoms with Crippen molar-refractivity contribution >= 4 is 21.6 Å². The first kappa shape index (κ1) is 19.2. The average Bonchev–Trinajstić information content (AvgIpc) is 3.14. The highest BCUT2D eigenvalue weighted by Crippen LogP contribution is 2.33. The molecule has 4 aromatic rings. The van der Waals surface area contributed by atoms with Gasteiger partial charge in [-0.3, -0.25) is 14.3 Å². The molecule has 6 heteroatoms. The van der Waals surface area contributed by atoms with Crippen LogP contribution in [-0.2, 0) is 25.9 Å². The zero-order valence-electron chi connectivity index (χ0n) is 17.0. The van der Waals surface area contributed by atoms with Crippen molar-refractivity contribution in [3.63, 3.8) is 0 Å². The third-order valence-electron chi connectivity index (χ3n) is 5.81. The first-order valence-corrected chi connectivity index (χ1v) is 11.2. The minimum absolute atomic E-state index is 0.0502. The fourth-order valence-corrected chi connectivity index (χ4v) is 5.38. The summed E-state index contributed by atoms with van der Waals surface area (Å²) in [4.78, 5) is 24.3. The van der Waals surface area contributed by atoms with Gasteiger partial charge in [-0.15, -0.1) is 11.3 Å². The molecule has 1 aliphatic carbocycles. The van der Waals surface area contributed by atoms with Crippen molar-refractivity contribution in [2.75, 3.05) is 0 Å². The van der Waals surface area contributed by atoms with Crippen LogP contribution in [0.15, 0.2) is 59.8 Å². The number of aromatic nitrogens is 3. The summed E-state index contributed by atoms with van der Waals surface area (Å²) in [5, 5.41) is 4.51. The molecule has 1 aromatic carbocycles. The van der Waals surface area contributed by atoms with Crippen molar-refractivity contribution in [2.45, 2.75) is 45.3 Å². The molecule has 0 radical (unpaired) electrons. The van der Waals surface area contributed by atoms with Gasteiger partial charge in [0.15, 0.2) is 0 Å². The van der Waals surface area contributed by atoms with Crippen LogP contribution in [0.5, 0.6) is 0 Å². The van der Waals surface area contributed by atoms with Crippen LogP contribution >= 0.6 is 11.3 Å². The molecule has 5 nitrogen and oxygen atoms in total. The first-order valence-electron chi connectivity index (χ1n) is 10.4. The van der Waals surface area contributed by atoms with Crippen molar-refractivity contribution in [3.05, 3.63) is 92.6 Å². The summed E-state index contributed by atoms with van der Waals surface area (Å²) in [6.07, 6.45) is 6.34. The minimum Gasteiger partial charge on any atom is -0.310 e. The van der Waals surface area contributed by atoms with E-state index in [1.54, 1.807) is 28.4 Å². The van der Waals surface area contributed by atoms with Crippen LogP contribution in [0, 0.1) is 6.92 Å². The van der Waals surface area contributed by atoms with Gasteiger partial charge in [-0.1, -0.05) is 35.9 Å². The molecule has 0 bridgehead atoms. The Morgan fingerprint density at radius 3 is 2.83 bits per heavy atom. The van der Waals surface area contributed by atoms with Gasteiger partial charge in [0, 0.05) is 23.7 Å². The van der Waals surface area contributed by atoms with Crippen molar-refractivity contribution in [2.24, 2.45) is 0 Å². The smallest absolute Gasteiger partial charge is 0.262 e. The van der Waals surface area contributed by atoms with E-state index in [2.05, 4.69) is 46.5 Å². The van der Waals surface area contributed by atoms with E-state index in [1.807, 2.05) is 18.2 Å². The molecule has 30 heavy (non-hydrogen) atoms. The second-order valence-corrected chi connectivity index (χ2v) is 9.07. The maximum absolute atomic E-state index is 13.2. The van der Waals surface area contributed by atoms with E-state index >= 15 is 0 Å². The fourth-order valence-electron chi connectivity index (χ4n) is 4.12. The third-order valence-corrected chi connectivity index (χ3v) is 6.97. The number of nitrogens with zero attached hydrogens (tertiary/aromatic N) is 3. The molecule has 0 amide bonds. The molecule has 5 rings (SSSR count). The molecule has 1 N–H and O–H groups in total. The molecule has 3 aromatic heterocycles. The molecule has 0 unspecified atom stereocenters. The number of hydrogen-bond acceptors (Lipinski definition) is 5. The van der Waals surface area contributed by atoms with Crippen LogP contribution in [0.25, 0.3) is 10.2 Å². The van der Waals surface area contributed by atoms with E-state index in [9.17, 15) is 4.79 Å². The summed E-state index contributed by atoms with van der Waals surface area (Å²) < 4.78 is 1.68. The Kier molecular flexibility index (Phi) is 5.19. The van der Waals surface area contributed by atoms with Crippen LogP contribution in [0.2, 0.25) is 0 Å². The number of hydrogen-bond donors (Lipinski definition) is 1. The van der Waals surface area contributed by atoms with Gasteiger partial charge < -0.3 is 5.32 Å². The molecule has 0 saturated heterocycles. The molecule has 0 aliphatic heterocycles. The Balaban J connectivity index is 1.36. The first-order chi connectivity index (χ1) is 14.7. The predicted octanol–water partition coefficient (Wildman–Crippen LogP) is 3.86. The Morgan fingerprint density at radius 1 is 1.17 bits per heavy atom. The number of fused-ring (bicyclic) bond motifs is 3. The lowest BCUT2D eigenvalue weighted by Gasteiger charge is -2.23. The molecule has 0 fully saturated rings. The van der Waals surface area contributed by atoms with Crippen LogP contribution in [-0.4, -0.2) is 20.6 Å². The monoisotopic (exact) mass is 416 g/mol. The van der Waals surface area contributed by atoms with Gasteiger partial charge >= 0.3 is 0 Å². The molecular formula is C24H24N4OS. The van der Waals surface area contributed by atoms with Crippen LogP contribution in [0.4, 0.5) is 0 Å².